The number of rotatable bonds is 5. The number of aliphatic hydroxyl groups excluding tert-OH is 2. The molecule has 5 fully saturated rings. The first kappa shape index (κ1) is 31.5. The second-order valence-electron chi connectivity index (χ2n) is 14.0. The maximum absolute atomic E-state index is 14.2. The summed E-state index contributed by atoms with van der Waals surface area (Å²) in [4.78, 5) is 50.4. The van der Waals surface area contributed by atoms with Gasteiger partial charge in [-0.2, -0.15) is 0 Å². The van der Waals surface area contributed by atoms with E-state index in [9.17, 15) is 39.6 Å². The molecule has 242 valence electrons. The van der Waals surface area contributed by atoms with Crippen molar-refractivity contribution in [1.82, 2.24) is 0 Å². The normalized spacial score (nSPS) is 48.5. The van der Waals surface area contributed by atoms with E-state index in [1.54, 1.807) is 19.9 Å². The van der Waals surface area contributed by atoms with Gasteiger partial charge in [0.2, 0.25) is 0 Å². The molecule has 3 unspecified atom stereocenters. The van der Waals surface area contributed by atoms with Crippen LogP contribution < -0.4 is 5.63 Å². The molecule has 1 aromatic rings. The van der Waals surface area contributed by atoms with Gasteiger partial charge in [-0.3, -0.25) is 9.59 Å². The molecule has 0 radical (unpaired) electrons. The predicted octanol–water partition coefficient (Wildman–Crippen LogP) is 1.14. The summed E-state index contributed by atoms with van der Waals surface area (Å²) in [7, 11) is 0. The first-order valence-corrected chi connectivity index (χ1v) is 15.6. The fraction of sp³-hybridized carbons (Fsp3) is 0.750. The molecule has 0 spiro atoms. The van der Waals surface area contributed by atoms with Gasteiger partial charge in [-0.25, -0.2) is 4.79 Å². The number of ether oxygens (including phenoxy) is 3. The van der Waals surface area contributed by atoms with E-state index in [2.05, 4.69) is 0 Å². The molecule has 1 saturated heterocycles. The van der Waals surface area contributed by atoms with E-state index < -0.39 is 87.9 Å². The standard InChI is InChI=1S/C32H42O12/c1-16-12-22(43-17(2)34)25(36)28(42-16)44-19-6-9-30(15-33)24-21(7-10-31(30,39)13-19)32(40)11-8-20(18-4-5-23(35)41-14-18)29(32,3)27(38)26(24)37/h4-5,14-16,19-22,24-26,28,36-37,39-40H,6-13H2,1-3H3/t16-,19?,20-,21-,22-,24-,25+,26?,28+,29+,30+,31?,32+/m1/s1. The van der Waals surface area contributed by atoms with Crippen LogP contribution in [0.15, 0.2) is 27.6 Å². The highest BCUT2D eigenvalue weighted by atomic mass is 16.7. The second-order valence-corrected chi connectivity index (χ2v) is 14.0. The van der Waals surface area contributed by atoms with Crippen molar-refractivity contribution in [1.29, 1.82) is 0 Å². The number of carbonyl (C=O) groups excluding carboxylic acids is 3. The predicted molar refractivity (Wildman–Crippen MR) is 150 cm³/mol. The topological polar surface area (TPSA) is 190 Å². The van der Waals surface area contributed by atoms with E-state index in [1.165, 1.54) is 19.3 Å². The number of carbonyl (C=O) groups is 3. The van der Waals surface area contributed by atoms with Gasteiger partial charge in [0, 0.05) is 37.7 Å². The van der Waals surface area contributed by atoms with Gasteiger partial charge in [-0.1, -0.05) is 0 Å². The SMILES string of the molecule is CC(=O)O[C@@H]1C[C@@H](C)O[C@@H](OC2CC[C@]3(C=O)[C@H]4C(O)C(=O)[C@]5(C)[C@@H](c6ccc(=O)oc6)CC[C@]5(O)[C@@H]4CCC3(O)C2)[C@H]1O. The molecule has 5 aliphatic rings. The Morgan fingerprint density at radius 2 is 1.84 bits per heavy atom. The minimum Gasteiger partial charge on any atom is -0.459 e. The zero-order valence-corrected chi connectivity index (χ0v) is 25.2. The highest BCUT2D eigenvalue weighted by molar-refractivity contribution is 5.93. The molecule has 0 amide bonds. The Morgan fingerprint density at radius 3 is 2.50 bits per heavy atom. The highest BCUT2D eigenvalue weighted by Crippen LogP contribution is 2.70. The quantitative estimate of drug-likeness (QED) is 0.209. The van der Waals surface area contributed by atoms with Crippen molar-refractivity contribution in [2.45, 2.75) is 126 Å². The van der Waals surface area contributed by atoms with Crippen LogP contribution in [0.5, 0.6) is 0 Å². The lowest BCUT2D eigenvalue weighted by molar-refractivity contribution is -0.301. The third-order valence-electron chi connectivity index (χ3n) is 11.9. The molecular weight excluding hydrogens is 576 g/mol. The van der Waals surface area contributed by atoms with Crippen molar-refractivity contribution in [3.8, 4) is 0 Å². The monoisotopic (exact) mass is 618 g/mol. The summed E-state index contributed by atoms with van der Waals surface area (Å²) >= 11 is 0. The van der Waals surface area contributed by atoms with E-state index in [1.807, 2.05) is 0 Å². The lowest BCUT2D eigenvalue weighted by Crippen LogP contribution is -2.74. The lowest BCUT2D eigenvalue weighted by atomic mass is 9.40. The number of ketones is 1. The van der Waals surface area contributed by atoms with Crippen molar-refractivity contribution < 1.29 is 53.4 Å². The fourth-order valence-electron chi connectivity index (χ4n) is 9.79. The van der Waals surface area contributed by atoms with Crippen molar-refractivity contribution in [3.63, 3.8) is 0 Å². The van der Waals surface area contributed by atoms with Gasteiger partial charge in [-0.15, -0.1) is 0 Å². The maximum Gasteiger partial charge on any atom is 0.335 e. The van der Waals surface area contributed by atoms with Gasteiger partial charge < -0.3 is 43.8 Å². The number of aldehydes is 1. The zero-order valence-electron chi connectivity index (χ0n) is 25.2. The van der Waals surface area contributed by atoms with Crippen LogP contribution in [0, 0.1) is 22.7 Å². The molecule has 44 heavy (non-hydrogen) atoms. The van der Waals surface area contributed by atoms with Crippen LogP contribution in [0.25, 0.3) is 0 Å². The summed E-state index contributed by atoms with van der Waals surface area (Å²) in [6, 6.07) is 2.84. The Kier molecular flexibility index (Phi) is 7.74. The van der Waals surface area contributed by atoms with Crippen LogP contribution in [0.3, 0.4) is 0 Å². The average Bonchev–Trinajstić information content (AvgIpc) is 3.25. The lowest BCUT2D eigenvalue weighted by Gasteiger charge is -2.65. The molecular formula is C32H42O12. The molecule has 0 aromatic carbocycles. The van der Waals surface area contributed by atoms with Crippen molar-refractivity contribution in [3.05, 3.63) is 34.4 Å². The van der Waals surface area contributed by atoms with Crippen molar-refractivity contribution in [2.24, 2.45) is 22.7 Å². The summed E-state index contributed by atoms with van der Waals surface area (Å²) in [5, 5.41) is 47.1. The van der Waals surface area contributed by atoms with E-state index >= 15 is 0 Å². The summed E-state index contributed by atoms with van der Waals surface area (Å²) < 4.78 is 22.3. The fourth-order valence-corrected chi connectivity index (χ4v) is 9.79. The Morgan fingerprint density at radius 1 is 1.09 bits per heavy atom. The van der Waals surface area contributed by atoms with E-state index in [4.69, 9.17) is 18.6 Å². The van der Waals surface area contributed by atoms with Gasteiger partial charge in [0.05, 0.1) is 40.5 Å². The van der Waals surface area contributed by atoms with E-state index in [0.29, 0.717) is 24.7 Å². The Hall–Kier alpha value is -2.48. The summed E-state index contributed by atoms with van der Waals surface area (Å²) in [5.74, 6) is -3.33. The van der Waals surface area contributed by atoms with E-state index in [-0.39, 0.29) is 44.6 Å². The molecule has 6 rings (SSSR count). The second kappa shape index (κ2) is 10.8. The maximum atomic E-state index is 14.2. The number of hydrogen-bond acceptors (Lipinski definition) is 12. The first-order chi connectivity index (χ1) is 20.7. The van der Waals surface area contributed by atoms with Gasteiger partial charge in [0.15, 0.2) is 12.1 Å². The summed E-state index contributed by atoms with van der Waals surface area (Å²) in [6.45, 7) is 4.67. The minimum atomic E-state index is -1.66. The van der Waals surface area contributed by atoms with Crippen LogP contribution in [0.2, 0.25) is 0 Å². The molecule has 12 heteroatoms. The third-order valence-corrected chi connectivity index (χ3v) is 11.9. The molecule has 12 nitrogen and oxygen atoms in total. The first-order valence-electron chi connectivity index (χ1n) is 15.6. The Labute approximate surface area is 254 Å². The van der Waals surface area contributed by atoms with Gasteiger partial charge in [0.25, 0.3) is 0 Å². The molecule has 0 bridgehead atoms. The van der Waals surface area contributed by atoms with Crippen LogP contribution >= 0.6 is 0 Å². The molecule has 2 heterocycles. The largest absolute Gasteiger partial charge is 0.459 e. The van der Waals surface area contributed by atoms with Crippen LogP contribution in [-0.4, -0.2) is 86.5 Å². The van der Waals surface area contributed by atoms with Crippen molar-refractivity contribution >= 4 is 18.0 Å². The van der Waals surface area contributed by atoms with Crippen LogP contribution in [-0.2, 0) is 28.6 Å². The number of fused-ring (bicyclic) bond motifs is 5. The summed E-state index contributed by atoms with van der Waals surface area (Å²) in [6.07, 6.45) is -2.24. The number of hydrogen-bond donors (Lipinski definition) is 4. The molecule has 4 saturated carbocycles. The Bertz CT molecular complexity index is 1360. The highest BCUT2D eigenvalue weighted by Gasteiger charge is 2.76. The minimum absolute atomic E-state index is 0.0174. The van der Waals surface area contributed by atoms with Gasteiger partial charge >= 0.3 is 11.6 Å². The molecule has 4 aliphatic carbocycles. The van der Waals surface area contributed by atoms with Gasteiger partial charge in [-0.05, 0) is 69.9 Å². The smallest absolute Gasteiger partial charge is 0.335 e. The number of Topliss-reactive ketones (excluding diaryl/α,β-unsaturated/α-hetero) is 1. The average molecular weight is 619 g/mol. The molecule has 1 aromatic heterocycles. The third kappa shape index (κ3) is 4.39. The summed E-state index contributed by atoms with van der Waals surface area (Å²) in [5.41, 5.74) is -6.12. The van der Waals surface area contributed by atoms with E-state index in [0.717, 1.165) is 0 Å². The number of aliphatic hydroxyl groups is 4. The molecule has 4 N–H and O–H groups in total. The van der Waals surface area contributed by atoms with Crippen LogP contribution in [0.4, 0.5) is 0 Å². The Balaban J connectivity index is 1.27. The number of esters is 1. The molecule has 13 atom stereocenters. The molecule has 1 aliphatic heterocycles. The van der Waals surface area contributed by atoms with Crippen molar-refractivity contribution in [2.75, 3.05) is 0 Å². The van der Waals surface area contributed by atoms with Crippen LogP contribution in [0.1, 0.15) is 83.6 Å². The zero-order chi connectivity index (χ0) is 31.8. The van der Waals surface area contributed by atoms with Gasteiger partial charge in [0.1, 0.15) is 24.6 Å².